The normalized spacial score (nSPS) is 13.0. The van der Waals surface area contributed by atoms with Crippen LogP contribution in [-0.2, 0) is 10.0 Å². The number of nitrogens with two attached hydrogens (primary N) is 1. The SMILES string of the molecule is NS(=O)(=O)c1ccc(SCC(O)CSc2cccc(Br)c2)cc1. The van der Waals surface area contributed by atoms with Gasteiger partial charge < -0.3 is 5.11 Å². The van der Waals surface area contributed by atoms with Crippen molar-refractivity contribution in [2.75, 3.05) is 11.5 Å². The second-order valence-electron chi connectivity index (χ2n) is 4.75. The summed E-state index contributed by atoms with van der Waals surface area (Å²) in [6.07, 6.45) is -0.457. The van der Waals surface area contributed by atoms with Crippen LogP contribution in [0.4, 0.5) is 0 Å². The van der Waals surface area contributed by atoms with Gasteiger partial charge in [0.25, 0.3) is 0 Å². The van der Waals surface area contributed by atoms with Crippen LogP contribution in [0.5, 0.6) is 0 Å². The fraction of sp³-hybridized carbons (Fsp3) is 0.200. The van der Waals surface area contributed by atoms with E-state index < -0.39 is 16.1 Å². The smallest absolute Gasteiger partial charge is 0.238 e. The highest BCUT2D eigenvalue weighted by molar-refractivity contribution is 9.10. The standard InChI is InChI=1S/C15H16BrNO3S3/c16-11-2-1-3-14(8-11)22-10-12(18)9-21-13-4-6-15(7-5-13)23(17,19)20/h1-8,12,18H,9-10H2,(H2,17,19,20). The molecule has 0 aromatic heterocycles. The number of hydrogen-bond donors (Lipinski definition) is 2. The van der Waals surface area contributed by atoms with Crippen molar-refractivity contribution in [3.8, 4) is 0 Å². The van der Waals surface area contributed by atoms with E-state index in [1.807, 2.05) is 24.3 Å². The Morgan fingerprint density at radius 2 is 1.65 bits per heavy atom. The molecule has 2 aromatic rings. The van der Waals surface area contributed by atoms with Crippen molar-refractivity contribution in [3.05, 3.63) is 53.0 Å². The zero-order valence-corrected chi connectivity index (χ0v) is 16.1. The average Bonchev–Trinajstić information content (AvgIpc) is 2.50. The van der Waals surface area contributed by atoms with Crippen LogP contribution in [0.3, 0.4) is 0 Å². The summed E-state index contributed by atoms with van der Waals surface area (Å²) >= 11 is 6.49. The summed E-state index contributed by atoms with van der Waals surface area (Å²) in [5.41, 5.74) is 0. The fourth-order valence-electron chi connectivity index (χ4n) is 1.72. The van der Waals surface area contributed by atoms with Gasteiger partial charge in [-0.1, -0.05) is 22.0 Å². The van der Waals surface area contributed by atoms with Gasteiger partial charge in [0.2, 0.25) is 10.0 Å². The second kappa shape index (κ2) is 8.55. The van der Waals surface area contributed by atoms with Crippen molar-refractivity contribution in [3.63, 3.8) is 0 Å². The molecular formula is C15H16BrNO3S3. The first kappa shape index (κ1) is 18.8. The molecule has 0 fully saturated rings. The van der Waals surface area contributed by atoms with Gasteiger partial charge in [-0.2, -0.15) is 0 Å². The molecular weight excluding hydrogens is 418 g/mol. The van der Waals surface area contributed by atoms with Gasteiger partial charge in [0.15, 0.2) is 0 Å². The Bertz CT molecular complexity index is 751. The van der Waals surface area contributed by atoms with Gasteiger partial charge in [0.1, 0.15) is 0 Å². The van der Waals surface area contributed by atoms with Crippen LogP contribution < -0.4 is 5.14 Å². The predicted molar refractivity (Wildman–Crippen MR) is 99.4 cm³/mol. The number of hydrogen-bond acceptors (Lipinski definition) is 5. The van der Waals surface area contributed by atoms with Crippen LogP contribution >= 0.6 is 39.5 Å². The van der Waals surface area contributed by atoms with E-state index in [1.165, 1.54) is 23.9 Å². The van der Waals surface area contributed by atoms with E-state index in [2.05, 4.69) is 15.9 Å². The third-order valence-electron chi connectivity index (χ3n) is 2.83. The van der Waals surface area contributed by atoms with E-state index in [9.17, 15) is 13.5 Å². The molecule has 0 bridgehead atoms. The van der Waals surface area contributed by atoms with Gasteiger partial charge in [0, 0.05) is 25.8 Å². The molecule has 2 aromatic carbocycles. The lowest BCUT2D eigenvalue weighted by atomic mass is 10.4. The van der Waals surface area contributed by atoms with Gasteiger partial charge in [-0.25, -0.2) is 13.6 Å². The van der Waals surface area contributed by atoms with Crippen molar-refractivity contribution in [1.29, 1.82) is 0 Å². The molecule has 0 radical (unpaired) electrons. The molecule has 0 heterocycles. The number of benzene rings is 2. The number of thioether (sulfide) groups is 2. The van der Waals surface area contributed by atoms with Crippen LogP contribution in [0.2, 0.25) is 0 Å². The van der Waals surface area contributed by atoms with Crippen molar-refractivity contribution in [1.82, 2.24) is 0 Å². The van der Waals surface area contributed by atoms with E-state index in [4.69, 9.17) is 5.14 Å². The number of rotatable bonds is 7. The molecule has 0 amide bonds. The number of aliphatic hydroxyl groups excluding tert-OH is 1. The van der Waals surface area contributed by atoms with Gasteiger partial charge >= 0.3 is 0 Å². The fourth-order valence-corrected chi connectivity index (χ4v) is 4.65. The first-order valence-electron chi connectivity index (χ1n) is 6.67. The predicted octanol–water partition coefficient (Wildman–Crippen LogP) is 3.34. The highest BCUT2D eigenvalue weighted by Gasteiger charge is 2.09. The van der Waals surface area contributed by atoms with Crippen molar-refractivity contribution >= 4 is 49.5 Å². The topological polar surface area (TPSA) is 80.4 Å². The molecule has 1 unspecified atom stereocenters. The summed E-state index contributed by atoms with van der Waals surface area (Å²) in [6, 6.07) is 14.3. The van der Waals surface area contributed by atoms with Crippen LogP contribution in [-0.4, -0.2) is 31.1 Å². The number of halogens is 1. The first-order valence-corrected chi connectivity index (χ1v) is 11.0. The Morgan fingerprint density at radius 1 is 1.04 bits per heavy atom. The molecule has 8 heteroatoms. The molecule has 4 nitrogen and oxygen atoms in total. The molecule has 1 atom stereocenters. The molecule has 0 aliphatic rings. The largest absolute Gasteiger partial charge is 0.391 e. The Morgan fingerprint density at radius 3 is 2.22 bits per heavy atom. The van der Waals surface area contributed by atoms with Gasteiger partial charge in [-0.05, 0) is 42.5 Å². The number of primary sulfonamides is 1. The summed E-state index contributed by atoms with van der Waals surface area (Å²) in [5.74, 6) is 1.13. The number of aliphatic hydroxyl groups is 1. The highest BCUT2D eigenvalue weighted by Crippen LogP contribution is 2.25. The van der Waals surface area contributed by atoms with E-state index >= 15 is 0 Å². The lowest BCUT2D eigenvalue weighted by molar-refractivity contribution is 0.225. The molecule has 23 heavy (non-hydrogen) atoms. The third-order valence-corrected chi connectivity index (χ3v) is 6.55. The maximum Gasteiger partial charge on any atom is 0.238 e. The van der Waals surface area contributed by atoms with Crippen molar-refractivity contribution in [2.45, 2.75) is 20.8 Å². The van der Waals surface area contributed by atoms with Crippen LogP contribution in [0.25, 0.3) is 0 Å². The molecule has 0 aliphatic heterocycles. The lowest BCUT2D eigenvalue weighted by Gasteiger charge is -2.10. The second-order valence-corrected chi connectivity index (χ2v) is 9.41. The minimum Gasteiger partial charge on any atom is -0.391 e. The molecule has 0 spiro atoms. The maximum atomic E-state index is 11.2. The van der Waals surface area contributed by atoms with E-state index in [-0.39, 0.29) is 4.90 Å². The van der Waals surface area contributed by atoms with Gasteiger partial charge in [-0.15, -0.1) is 23.5 Å². The Balaban J connectivity index is 1.81. The molecule has 3 N–H and O–H groups in total. The minimum atomic E-state index is -3.66. The number of sulfonamides is 1. The Kier molecular flexibility index (Phi) is 7.00. The monoisotopic (exact) mass is 433 g/mol. The quantitative estimate of drug-likeness (QED) is 0.654. The third kappa shape index (κ3) is 6.48. The average molecular weight is 434 g/mol. The zero-order chi connectivity index (χ0) is 16.9. The summed E-state index contributed by atoms with van der Waals surface area (Å²) in [4.78, 5) is 2.08. The van der Waals surface area contributed by atoms with Crippen LogP contribution in [0.1, 0.15) is 0 Å². The Labute approximate surface area is 153 Å². The Hall–Kier alpha value is -0.510. The maximum absolute atomic E-state index is 11.2. The molecule has 0 saturated carbocycles. The first-order chi connectivity index (χ1) is 10.8. The van der Waals surface area contributed by atoms with Gasteiger partial charge in [0.05, 0.1) is 11.0 Å². The van der Waals surface area contributed by atoms with Crippen molar-refractivity contribution in [2.24, 2.45) is 5.14 Å². The molecule has 124 valence electrons. The van der Waals surface area contributed by atoms with Gasteiger partial charge in [-0.3, -0.25) is 0 Å². The molecule has 0 saturated heterocycles. The summed E-state index contributed by atoms with van der Waals surface area (Å²) in [7, 11) is -3.66. The van der Waals surface area contributed by atoms with E-state index in [0.717, 1.165) is 14.3 Å². The highest BCUT2D eigenvalue weighted by atomic mass is 79.9. The minimum absolute atomic E-state index is 0.0904. The summed E-state index contributed by atoms with van der Waals surface area (Å²) < 4.78 is 23.4. The van der Waals surface area contributed by atoms with Crippen LogP contribution in [0.15, 0.2) is 67.7 Å². The van der Waals surface area contributed by atoms with Crippen LogP contribution in [0, 0.1) is 0 Å². The van der Waals surface area contributed by atoms with E-state index in [1.54, 1.807) is 23.9 Å². The summed E-state index contributed by atoms with van der Waals surface area (Å²) in [6.45, 7) is 0. The zero-order valence-electron chi connectivity index (χ0n) is 12.1. The molecule has 2 rings (SSSR count). The summed E-state index contributed by atoms with van der Waals surface area (Å²) in [5, 5.41) is 15.1. The lowest BCUT2D eigenvalue weighted by Crippen LogP contribution is -2.13. The molecule has 0 aliphatic carbocycles. The van der Waals surface area contributed by atoms with Crippen molar-refractivity contribution < 1.29 is 13.5 Å². The van der Waals surface area contributed by atoms with E-state index in [0.29, 0.717) is 11.5 Å².